The first kappa shape index (κ1) is 25.6. The lowest BCUT2D eigenvalue weighted by Crippen LogP contribution is -2.40. The number of aromatic nitrogens is 2. The molecule has 6 nitrogen and oxygen atoms in total. The molecule has 1 heterocycles. The van der Waals surface area contributed by atoms with E-state index in [9.17, 15) is 0 Å². The van der Waals surface area contributed by atoms with Crippen LogP contribution in [0, 0.1) is 12.3 Å². The van der Waals surface area contributed by atoms with Crippen molar-refractivity contribution in [3.63, 3.8) is 0 Å². The van der Waals surface area contributed by atoms with Crippen LogP contribution in [-0.2, 0) is 11.2 Å². The number of guanidine groups is 1. The van der Waals surface area contributed by atoms with Gasteiger partial charge in [-0.3, -0.25) is 4.99 Å². The number of benzene rings is 1. The number of ether oxygens (including phenoxy) is 1. The molecule has 0 unspecified atom stereocenters. The highest BCUT2D eigenvalue weighted by Crippen LogP contribution is 2.44. The van der Waals surface area contributed by atoms with Gasteiger partial charge in [0.2, 0.25) is 0 Å². The number of nitrogens with zero attached hydrogens (tertiary/aromatic N) is 3. The molecule has 1 aliphatic rings. The fraction of sp³-hybridized carbons (Fsp3) is 0.583. The van der Waals surface area contributed by atoms with Crippen LogP contribution >= 0.6 is 24.0 Å². The fourth-order valence-electron chi connectivity index (χ4n) is 4.01. The minimum absolute atomic E-state index is 0. The molecule has 1 fully saturated rings. The molecule has 0 atom stereocenters. The third-order valence-corrected chi connectivity index (χ3v) is 6.10. The van der Waals surface area contributed by atoms with E-state index in [-0.39, 0.29) is 24.0 Å². The molecule has 3 rings (SSSR count). The summed E-state index contributed by atoms with van der Waals surface area (Å²) in [6.45, 7) is 7.69. The lowest BCUT2D eigenvalue weighted by molar-refractivity contribution is 0.0778. The van der Waals surface area contributed by atoms with Gasteiger partial charge >= 0.3 is 0 Å². The highest BCUT2D eigenvalue weighted by molar-refractivity contribution is 14.0. The van der Waals surface area contributed by atoms with Crippen molar-refractivity contribution in [1.29, 1.82) is 0 Å². The Morgan fingerprint density at radius 1 is 1.23 bits per heavy atom. The smallest absolute Gasteiger partial charge is 0.191 e. The van der Waals surface area contributed by atoms with Crippen LogP contribution in [0.3, 0.4) is 0 Å². The molecule has 1 saturated carbocycles. The maximum atomic E-state index is 5.30. The molecule has 1 aromatic heterocycles. The largest absolute Gasteiger partial charge is 0.385 e. The van der Waals surface area contributed by atoms with E-state index in [1.807, 2.05) is 22.9 Å². The van der Waals surface area contributed by atoms with Crippen molar-refractivity contribution in [2.24, 2.45) is 10.4 Å². The van der Waals surface area contributed by atoms with Gasteiger partial charge < -0.3 is 15.4 Å². The molecule has 0 radical (unpaired) electrons. The lowest BCUT2D eigenvalue weighted by atomic mass is 9.67. The Labute approximate surface area is 204 Å². The molecule has 0 bridgehead atoms. The highest BCUT2D eigenvalue weighted by atomic mass is 127. The van der Waals surface area contributed by atoms with E-state index in [1.165, 1.54) is 24.8 Å². The quantitative estimate of drug-likeness (QED) is 0.191. The second-order valence-electron chi connectivity index (χ2n) is 8.34. The Morgan fingerprint density at radius 2 is 2.00 bits per heavy atom. The van der Waals surface area contributed by atoms with Gasteiger partial charge in [0.1, 0.15) is 0 Å². The maximum Gasteiger partial charge on any atom is 0.191 e. The van der Waals surface area contributed by atoms with E-state index in [0.717, 1.165) is 62.8 Å². The summed E-state index contributed by atoms with van der Waals surface area (Å²) < 4.78 is 7.28. The van der Waals surface area contributed by atoms with Crippen LogP contribution in [-0.4, -0.2) is 49.1 Å². The molecule has 1 aliphatic carbocycles. The minimum atomic E-state index is 0. The van der Waals surface area contributed by atoms with Crippen LogP contribution in [0.1, 0.15) is 50.3 Å². The van der Waals surface area contributed by atoms with Gasteiger partial charge in [-0.1, -0.05) is 24.6 Å². The topological polar surface area (TPSA) is 63.5 Å². The Balaban J connectivity index is 0.00000341. The Hall–Kier alpha value is -1.61. The molecule has 0 spiro atoms. The number of para-hydroxylation sites is 1. The van der Waals surface area contributed by atoms with Crippen molar-refractivity contribution < 1.29 is 4.74 Å². The summed E-state index contributed by atoms with van der Waals surface area (Å²) >= 11 is 0. The van der Waals surface area contributed by atoms with Crippen LogP contribution in [0.5, 0.6) is 0 Å². The molecule has 0 saturated heterocycles. The molecule has 2 N–H and O–H groups in total. The first-order valence-corrected chi connectivity index (χ1v) is 11.3. The van der Waals surface area contributed by atoms with Gasteiger partial charge in [-0.05, 0) is 69.1 Å². The first-order chi connectivity index (χ1) is 14.7. The summed E-state index contributed by atoms with van der Waals surface area (Å²) in [6, 6.07) is 10.3. The average Bonchev–Trinajstić information content (AvgIpc) is 3.11. The normalized spacial score (nSPS) is 15.1. The minimum Gasteiger partial charge on any atom is -0.385 e. The molecule has 172 valence electrons. The van der Waals surface area contributed by atoms with Gasteiger partial charge in [0, 0.05) is 39.5 Å². The van der Waals surface area contributed by atoms with Crippen LogP contribution in [0.2, 0.25) is 0 Å². The molecule has 0 aliphatic heterocycles. The predicted molar refractivity (Wildman–Crippen MR) is 139 cm³/mol. The summed E-state index contributed by atoms with van der Waals surface area (Å²) in [5, 5.41) is 11.6. The van der Waals surface area contributed by atoms with Gasteiger partial charge in [-0.15, -0.1) is 24.0 Å². The number of halogens is 1. The van der Waals surface area contributed by atoms with Gasteiger partial charge in [-0.25, -0.2) is 4.68 Å². The summed E-state index contributed by atoms with van der Waals surface area (Å²) in [4.78, 5) is 4.89. The molecule has 1 aromatic carbocycles. The average molecular weight is 540 g/mol. The highest BCUT2D eigenvalue weighted by Gasteiger charge is 2.36. The number of hydrogen-bond acceptors (Lipinski definition) is 3. The predicted octanol–water partition coefficient (Wildman–Crippen LogP) is 4.49. The molecule has 31 heavy (non-hydrogen) atoms. The van der Waals surface area contributed by atoms with E-state index in [4.69, 9.17) is 9.73 Å². The van der Waals surface area contributed by atoms with E-state index < -0.39 is 0 Å². The number of methoxy groups -OCH3 is 1. The van der Waals surface area contributed by atoms with Crippen LogP contribution < -0.4 is 10.6 Å². The van der Waals surface area contributed by atoms with Gasteiger partial charge in [0.15, 0.2) is 5.96 Å². The van der Waals surface area contributed by atoms with Crippen LogP contribution in [0.4, 0.5) is 0 Å². The van der Waals surface area contributed by atoms with E-state index >= 15 is 0 Å². The number of hydrogen-bond donors (Lipinski definition) is 2. The maximum absolute atomic E-state index is 5.30. The third-order valence-electron chi connectivity index (χ3n) is 6.10. The Bertz CT molecular complexity index is 802. The second-order valence-corrected chi connectivity index (χ2v) is 8.34. The zero-order chi connectivity index (χ0) is 21.2. The first-order valence-electron chi connectivity index (χ1n) is 11.3. The van der Waals surface area contributed by atoms with Crippen molar-refractivity contribution in [1.82, 2.24) is 20.4 Å². The Kier molecular flexibility index (Phi) is 10.8. The summed E-state index contributed by atoms with van der Waals surface area (Å²) in [6.07, 6.45) is 9.16. The van der Waals surface area contributed by atoms with Crippen molar-refractivity contribution in [2.45, 2.75) is 52.4 Å². The van der Waals surface area contributed by atoms with Crippen molar-refractivity contribution >= 4 is 29.9 Å². The number of rotatable bonds is 11. The standard InChI is InChI=1S/C24H37N5O.HI/c1-4-25-23(27-19-24(13-9-14-24)15-17-30-3)26-16-8-10-21-18-29(28-20(21)2)22-11-6-5-7-12-22;/h5-7,11-12,18H,4,8-10,13-17,19H2,1-3H3,(H2,25,26,27);1H. The molecular weight excluding hydrogens is 501 g/mol. The fourth-order valence-corrected chi connectivity index (χ4v) is 4.01. The third kappa shape index (κ3) is 7.49. The monoisotopic (exact) mass is 539 g/mol. The molecular formula is C24H38IN5O. The van der Waals surface area contributed by atoms with E-state index in [1.54, 1.807) is 7.11 Å². The number of nitrogens with one attached hydrogen (secondary N) is 2. The Morgan fingerprint density at radius 3 is 2.65 bits per heavy atom. The second kappa shape index (κ2) is 13.1. The zero-order valence-corrected chi connectivity index (χ0v) is 21.5. The van der Waals surface area contributed by atoms with Crippen molar-refractivity contribution in [2.75, 3.05) is 33.4 Å². The van der Waals surface area contributed by atoms with Crippen molar-refractivity contribution in [3.05, 3.63) is 47.8 Å². The zero-order valence-electron chi connectivity index (χ0n) is 19.2. The van der Waals surface area contributed by atoms with Gasteiger partial charge in [0.25, 0.3) is 0 Å². The molecule has 0 amide bonds. The molecule has 2 aromatic rings. The summed E-state index contributed by atoms with van der Waals surface area (Å²) in [7, 11) is 1.78. The summed E-state index contributed by atoms with van der Waals surface area (Å²) in [5.41, 5.74) is 3.85. The number of aryl methyl sites for hydroxylation is 2. The van der Waals surface area contributed by atoms with Crippen molar-refractivity contribution in [3.8, 4) is 5.69 Å². The van der Waals surface area contributed by atoms with Gasteiger partial charge in [-0.2, -0.15) is 5.10 Å². The van der Waals surface area contributed by atoms with Crippen LogP contribution in [0.25, 0.3) is 5.69 Å². The molecule has 7 heteroatoms. The number of aliphatic imine (C=N–C) groups is 1. The lowest BCUT2D eigenvalue weighted by Gasteiger charge is -2.40. The van der Waals surface area contributed by atoms with Crippen LogP contribution in [0.15, 0.2) is 41.5 Å². The van der Waals surface area contributed by atoms with E-state index in [0.29, 0.717) is 5.41 Å². The van der Waals surface area contributed by atoms with Gasteiger partial charge in [0.05, 0.1) is 11.4 Å². The summed E-state index contributed by atoms with van der Waals surface area (Å²) in [5.74, 6) is 0.929. The van der Waals surface area contributed by atoms with E-state index in [2.05, 4.69) is 47.9 Å². The SMILES string of the molecule is CCNC(=NCC1(CCOC)CCC1)NCCCc1cn(-c2ccccc2)nc1C.I.